The number of thiophene rings is 1. The summed E-state index contributed by atoms with van der Waals surface area (Å²) >= 11 is 3.36. The van der Waals surface area contributed by atoms with Crippen molar-refractivity contribution in [1.29, 1.82) is 0 Å². The summed E-state index contributed by atoms with van der Waals surface area (Å²) in [6, 6.07) is 20.0. The van der Waals surface area contributed by atoms with Gasteiger partial charge in [-0.2, -0.15) is 0 Å². The molecular formula is C20H17NOS2. The molecule has 2 aromatic carbocycles. The maximum atomic E-state index is 12.2. The molecule has 1 amide bonds. The summed E-state index contributed by atoms with van der Waals surface area (Å²) in [6.07, 6.45) is 5.44. The average molecular weight is 351 g/mol. The molecule has 1 heterocycles. The molecule has 2 nitrogen and oxygen atoms in total. The molecular weight excluding hydrogens is 334 g/mol. The zero-order valence-corrected chi connectivity index (χ0v) is 14.9. The van der Waals surface area contributed by atoms with Crippen molar-refractivity contribution in [3.63, 3.8) is 0 Å². The second-order valence-corrected chi connectivity index (χ2v) is 6.95. The van der Waals surface area contributed by atoms with Crippen LogP contribution in [0.2, 0.25) is 0 Å². The van der Waals surface area contributed by atoms with E-state index in [4.69, 9.17) is 0 Å². The van der Waals surface area contributed by atoms with Crippen LogP contribution in [-0.4, -0.2) is 12.2 Å². The number of hydrogen-bond donors (Lipinski definition) is 1. The van der Waals surface area contributed by atoms with Gasteiger partial charge < -0.3 is 5.32 Å². The largest absolute Gasteiger partial charge is 0.322 e. The van der Waals surface area contributed by atoms with Gasteiger partial charge in [0.25, 0.3) is 0 Å². The van der Waals surface area contributed by atoms with Crippen LogP contribution in [0.15, 0.2) is 77.0 Å². The van der Waals surface area contributed by atoms with E-state index in [0.29, 0.717) is 0 Å². The Hall–Kier alpha value is -2.30. The fourth-order valence-corrected chi connectivity index (χ4v) is 3.47. The van der Waals surface area contributed by atoms with E-state index in [-0.39, 0.29) is 5.91 Å². The van der Waals surface area contributed by atoms with Crippen LogP contribution >= 0.6 is 23.1 Å². The molecule has 0 aliphatic heterocycles. The molecule has 0 fully saturated rings. The quantitative estimate of drug-likeness (QED) is 0.466. The highest BCUT2D eigenvalue weighted by Gasteiger charge is 2.07. The van der Waals surface area contributed by atoms with Crippen LogP contribution in [0.1, 0.15) is 5.56 Å². The minimum absolute atomic E-state index is 0.132. The summed E-state index contributed by atoms with van der Waals surface area (Å²) in [6.45, 7) is 0. The topological polar surface area (TPSA) is 29.1 Å². The molecule has 120 valence electrons. The number of carbonyl (C=O) groups excluding carboxylic acids is 1. The second kappa shape index (κ2) is 7.99. The molecule has 1 N–H and O–H groups in total. The fraction of sp³-hybridized carbons (Fsp3) is 0.0500. The lowest BCUT2D eigenvalue weighted by Gasteiger charge is -2.08. The number of thioether (sulfide) groups is 1. The van der Waals surface area contributed by atoms with Gasteiger partial charge in [0.05, 0.1) is 0 Å². The molecule has 0 radical (unpaired) electrons. The minimum atomic E-state index is -0.132. The number of para-hydroxylation sites is 1. The molecule has 0 unspecified atom stereocenters. The van der Waals surface area contributed by atoms with Crippen LogP contribution in [-0.2, 0) is 4.79 Å². The van der Waals surface area contributed by atoms with E-state index < -0.39 is 0 Å². The number of amides is 1. The summed E-state index contributed by atoms with van der Waals surface area (Å²) in [5.41, 5.74) is 2.88. The van der Waals surface area contributed by atoms with Crippen LogP contribution < -0.4 is 5.32 Å². The zero-order chi connectivity index (χ0) is 16.8. The highest BCUT2D eigenvalue weighted by atomic mass is 32.2. The summed E-state index contributed by atoms with van der Waals surface area (Å²) < 4.78 is 0. The van der Waals surface area contributed by atoms with Crippen LogP contribution in [0, 0.1) is 0 Å². The van der Waals surface area contributed by atoms with Gasteiger partial charge in [0, 0.05) is 27.1 Å². The van der Waals surface area contributed by atoms with E-state index in [1.807, 2.05) is 72.3 Å². The average Bonchev–Trinajstić information content (AvgIpc) is 3.15. The number of nitrogens with one attached hydrogen (secondary N) is 1. The SMILES string of the molecule is CSc1ccc(C=CC(=O)Nc2ccccc2-c2cccs2)cc1. The molecule has 3 rings (SSSR count). The van der Waals surface area contributed by atoms with E-state index in [2.05, 4.69) is 11.4 Å². The second-order valence-electron chi connectivity index (χ2n) is 5.12. The third-order valence-corrected chi connectivity index (χ3v) is 5.16. The van der Waals surface area contributed by atoms with Gasteiger partial charge in [0.15, 0.2) is 0 Å². The first-order chi connectivity index (χ1) is 11.8. The van der Waals surface area contributed by atoms with E-state index in [0.717, 1.165) is 21.7 Å². The number of anilines is 1. The Kier molecular flexibility index (Phi) is 5.51. The molecule has 4 heteroatoms. The highest BCUT2D eigenvalue weighted by Crippen LogP contribution is 2.31. The smallest absolute Gasteiger partial charge is 0.248 e. The monoisotopic (exact) mass is 351 g/mol. The number of hydrogen-bond acceptors (Lipinski definition) is 3. The Balaban J connectivity index is 1.72. The maximum absolute atomic E-state index is 12.2. The van der Waals surface area contributed by atoms with Gasteiger partial charge in [0.1, 0.15) is 0 Å². The molecule has 0 saturated heterocycles. The van der Waals surface area contributed by atoms with Crippen LogP contribution in [0.3, 0.4) is 0 Å². The molecule has 0 spiro atoms. The first-order valence-electron chi connectivity index (χ1n) is 7.52. The number of benzene rings is 2. The summed E-state index contributed by atoms with van der Waals surface area (Å²) in [5.74, 6) is -0.132. The van der Waals surface area contributed by atoms with Crippen LogP contribution in [0.4, 0.5) is 5.69 Å². The lowest BCUT2D eigenvalue weighted by atomic mass is 10.1. The van der Waals surface area contributed by atoms with Gasteiger partial charge in [-0.05, 0) is 47.5 Å². The third kappa shape index (κ3) is 4.16. The maximum Gasteiger partial charge on any atom is 0.248 e. The summed E-state index contributed by atoms with van der Waals surface area (Å²) in [5, 5.41) is 5.00. The normalized spacial score (nSPS) is 10.9. The third-order valence-electron chi connectivity index (χ3n) is 3.51. The van der Waals surface area contributed by atoms with E-state index >= 15 is 0 Å². The molecule has 0 aliphatic carbocycles. The number of carbonyl (C=O) groups is 1. The fourth-order valence-electron chi connectivity index (χ4n) is 2.30. The first kappa shape index (κ1) is 16.6. The van der Waals surface area contributed by atoms with Gasteiger partial charge in [-0.15, -0.1) is 23.1 Å². The lowest BCUT2D eigenvalue weighted by molar-refractivity contribution is -0.111. The summed E-state index contributed by atoms with van der Waals surface area (Å²) in [4.78, 5) is 14.6. The Morgan fingerprint density at radius 2 is 1.83 bits per heavy atom. The van der Waals surface area contributed by atoms with E-state index in [9.17, 15) is 4.79 Å². The van der Waals surface area contributed by atoms with Crippen LogP contribution in [0.25, 0.3) is 16.5 Å². The lowest BCUT2D eigenvalue weighted by Crippen LogP contribution is -2.08. The first-order valence-corrected chi connectivity index (χ1v) is 9.63. The molecule has 24 heavy (non-hydrogen) atoms. The van der Waals surface area contributed by atoms with Crippen molar-refractivity contribution in [3.8, 4) is 10.4 Å². The van der Waals surface area contributed by atoms with Gasteiger partial charge in [0.2, 0.25) is 5.91 Å². The Bertz CT molecular complexity index is 836. The van der Waals surface area contributed by atoms with Crippen molar-refractivity contribution in [2.75, 3.05) is 11.6 Å². The van der Waals surface area contributed by atoms with Crippen molar-refractivity contribution in [3.05, 3.63) is 77.7 Å². The van der Waals surface area contributed by atoms with Gasteiger partial charge >= 0.3 is 0 Å². The zero-order valence-electron chi connectivity index (χ0n) is 13.2. The van der Waals surface area contributed by atoms with E-state index in [1.165, 1.54) is 4.90 Å². The molecule has 0 aliphatic rings. The Morgan fingerprint density at radius 1 is 1.04 bits per heavy atom. The van der Waals surface area contributed by atoms with Crippen LogP contribution in [0.5, 0.6) is 0 Å². The highest BCUT2D eigenvalue weighted by molar-refractivity contribution is 7.98. The molecule has 1 aromatic heterocycles. The Morgan fingerprint density at radius 3 is 2.54 bits per heavy atom. The Labute approximate surface area is 150 Å². The van der Waals surface area contributed by atoms with Crippen molar-refractivity contribution in [2.45, 2.75) is 4.90 Å². The molecule has 0 saturated carbocycles. The van der Waals surface area contributed by atoms with Crippen molar-refractivity contribution in [2.24, 2.45) is 0 Å². The standard InChI is InChI=1S/C20H17NOS2/c1-23-16-11-8-15(9-12-16)10-13-20(22)21-18-6-3-2-5-17(18)19-7-4-14-24-19/h2-14H,1H3,(H,21,22). The van der Waals surface area contributed by atoms with Gasteiger partial charge in [-0.1, -0.05) is 36.4 Å². The molecule has 0 bridgehead atoms. The predicted molar refractivity (Wildman–Crippen MR) is 106 cm³/mol. The van der Waals surface area contributed by atoms with Gasteiger partial charge in [-0.3, -0.25) is 4.79 Å². The molecule has 3 aromatic rings. The van der Waals surface area contributed by atoms with Gasteiger partial charge in [-0.25, -0.2) is 0 Å². The van der Waals surface area contributed by atoms with E-state index in [1.54, 1.807) is 29.2 Å². The summed E-state index contributed by atoms with van der Waals surface area (Å²) in [7, 11) is 0. The van der Waals surface area contributed by atoms with Crippen molar-refractivity contribution < 1.29 is 4.79 Å². The van der Waals surface area contributed by atoms with Crippen molar-refractivity contribution in [1.82, 2.24) is 0 Å². The minimum Gasteiger partial charge on any atom is -0.322 e. The van der Waals surface area contributed by atoms with Crippen molar-refractivity contribution >= 4 is 40.8 Å². The number of rotatable bonds is 5. The molecule has 0 atom stereocenters. The predicted octanol–water partition coefficient (Wildman–Crippen LogP) is 5.79.